The summed E-state index contributed by atoms with van der Waals surface area (Å²) in [5.41, 5.74) is 5.66. The molecule has 0 spiro atoms. The molecule has 0 radical (unpaired) electrons. The number of carbonyl (C=O) groups excluding carboxylic acids is 2. The van der Waals surface area contributed by atoms with Gasteiger partial charge in [0.25, 0.3) is 0 Å². The van der Waals surface area contributed by atoms with Crippen molar-refractivity contribution in [2.24, 2.45) is 5.92 Å². The highest BCUT2D eigenvalue weighted by molar-refractivity contribution is 7.13. The third kappa shape index (κ3) is 5.52. The second-order valence-corrected chi connectivity index (χ2v) is 11.0. The lowest BCUT2D eigenvalue weighted by atomic mass is 9.90. The molecule has 1 aliphatic heterocycles. The number of benzene rings is 1. The van der Waals surface area contributed by atoms with Crippen molar-refractivity contribution >= 4 is 23.2 Å². The fourth-order valence-corrected chi connectivity index (χ4v) is 5.41. The summed E-state index contributed by atoms with van der Waals surface area (Å²) in [6.07, 6.45) is -0.542. The van der Waals surface area contributed by atoms with Crippen LogP contribution in [0.25, 0.3) is 10.4 Å². The molecule has 36 heavy (non-hydrogen) atoms. The van der Waals surface area contributed by atoms with E-state index >= 15 is 0 Å². The summed E-state index contributed by atoms with van der Waals surface area (Å²) in [5.74, 6) is -0.461. The van der Waals surface area contributed by atoms with Gasteiger partial charge in [0.05, 0.1) is 27.9 Å². The van der Waals surface area contributed by atoms with Gasteiger partial charge in [-0.15, -0.1) is 11.3 Å². The van der Waals surface area contributed by atoms with Gasteiger partial charge in [-0.05, 0) is 29.9 Å². The van der Waals surface area contributed by atoms with Crippen LogP contribution >= 0.6 is 11.3 Å². The van der Waals surface area contributed by atoms with E-state index in [9.17, 15) is 14.7 Å². The molecule has 3 aromatic rings. The number of β-amino-alcohol motifs (C(OH)–C–C–N with tert-alkyl or cyclic N) is 1. The Morgan fingerprint density at radius 1 is 1.22 bits per heavy atom. The SMILES string of the molecule is Cc1ncsc1-c1ccc(CNC(=O)C2CC(O)CN2C(=O)C(c2cc(C(C)C)no2)C(C)C)cc1. The second kappa shape index (κ2) is 10.9. The Balaban J connectivity index is 1.44. The predicted octanol–water partition coefficient (Wildman–Crippen LogP) is 4.25. The average molecular weight is 511 g/mol. The number of nitrogens with one attached hydrogen (secondary N) is 1. The first-order valence-electron chi connectivity index (χ1n) is 12.4. The lowest BCUT2D eigenvalue weighted by molar-refractivity contribution is -0.141. The van der Waals surface area contributed by atoms with Gasteiger partial charge < -0.3 is 19.8 Å². The van der Waals surface area contributed by atoms with Crippen molar-refractivity contribution in [2.75, 3.05) is 6.54 Å². The van der Waals surface area contributed by atoms with Crippen LogP contribution in [0.3, 0.4) is 0 Å². The van der Waals surface area contributed by atoms with E-state index in [0.29, 0.717) is 12.3 Å². The number of nitrogens with zero attached hydrogens (tertiary/aromatic N) is 3. The Bertz CT molecular complexity index is 1200. The number of aliphatic hydroxyl groups excluding tert-OH is 1. The number of aryl methyl sites for hydroxylation is 1. The van der Waals surface area contributed by atoms with Crippen molar-refractivity contribution in [1.82, 2.24) is 20.4 Å². The highest BCUT2D eigenvalue weighted by Gasteiger charge is 2.43. The summed E-state index contributed by atoms with van der Waals surface area (Å²) in [6.45, 7) is 10.4. The van der Waals surface area contributed by atoms with Crippen LogP contribution in [0.1, 0.15) is 68.7 Å². The van der Waals surface area contributed by atoms with Gasteiger partial charge in [0.2, 0.25) is 11.8 Å². The van der Waals surface area contributed by atoms with Gasteiger partial charge in [-0.1, -0.05) is 57.1 Å². The van der Waals surface area contributed by atoms with Crippen LogP contribution in [-0.4, -0.2) is 50.7 Å². The van der Waals surface area contributed by atoms with E-state index in [1.54, 1.807) is 11.3 Å². The van der Waals surface area contributed by atoms with Gasteiger partial charge >= 0.3 is 0 Å². The number of hydrogen-bond donors (Lipinski definition) is 2. The zero-order chi connectivity index (χ0) is 26.0. The summed E-state index contributed by atoms with van der Waals surface area (Å²) in [4.78, 5) is 33.7. The Morgan fingerprint density at radius 2 is 1.94 bits per heavy atom. The van der Waals surface area contributed by atoms with Crippen molar-refractivity contribution in [2.45, 2.75) is 71.6 Å². The molecule has 8 nitrogen and oxygen atoms in total. The topological polar surface area (TPSA) is 109 Å². The fraction of sp³-hybridized carbons (Fsp3) is 0.481. The van der Waals surface area contributed by atoms with Crippen molar-refractivity contribution in [3.05, 3.63) is 58.6 Å². The molecule has 0 bridgehead atoms. The standard InChI is InChI=1S/C27H34N4O4S/c1-15(2)21-11-23(35-30-21)24(16(3)4)27(34)31-13-20(32)10-22(31)26(33)28-12-18-6-8-19(9-7-18)25-17(5)29-14-36-25/h6-9,11,14-16,20,22,24,32H,10,12-13H2,1-5H3,(H,28,33). The third-order valence-corrected chi connectivity index (χ3v) is 7.65. The summed E-state index contributed by atoms with van der Waals surface area (Å²) in [7, 11) is 0. The van der Waals surface area contributed by atoms with Crippen LogP contribution in [0.5, 0.6) is 0 Å². The molecule has 0 saturated carbocycles. The molecule has 3 atom stereocenters. The zero-order valence-corrected chi connectivity index (χ0v) is 22.2. The fourth-order valence-electron chi connectivity index (χ4n) is 4.60. The highest BCUT2D eigenvalue weighted by atomic mass is 32.1. The van der Waals surface area contributed by atoms with Gasteiger partial charge in [-0.3, -0.25) is 9.59 Å². The number of carbonyl (C=O) groups is 2. The van der Waals surface area contributed by atoms with Crippen LogP contribution in [0, 0.1) is 12.8 Å². The molecule has 9 heteroatoms. The van der Waals surface area contributed by atoms with E-state index in [4.69, 9.17) is 4.52 Å². The van der Waals surface area contributed by atoms with Gasteiger partial charge in [0.15, 0.2) is 0 Å². The number of thiazole rings is 1. The van der Waals surface area contributed by atoms with Gasteiger partial charge in [0, 0.05) is 25.6 Å². The number of rotatable bonds is 8. The van der Waals surface area contributed by atoms with Crippen LogP contribution in [-0.2, 0) is 16.1 Å². The van der Waals surface area contributed by atoms with E-state index in [1.807, 2.05) is 70.5 Å². The van der Waals surface area contributed by atoms with E-state index in [0.717, 1.165) is 27.4 Å². The summed E-state index contributed by atoms with van der Waals surface area (Å²) < 4.78 is 5.54. The molecular formula is C27H34N4O4S. The van der Waals surface area contributed by atoms with Crippen LogP contribution < -0.4 is 5.32 Å². The van der Waals surface area contributed by atoms with Crippen LogP contribution in [0.15, 0.2) is 40.4 Å². The van der Waals surface area contributed by atoms with Crippen LogP contribution in [0.2, 0.25) is 0 Å². The normalized spacial score (nSPS) is 18.7. The molecule has 4 rings (SSSR count). The van der Waals surface area contributed by atoms with E-state index in [2.05, 4.69) is 15.5 Å². The highest BCUT2D eigenvalue weighted by Crippen LogP contribution is 2.32. The molecule has 1 fully saturated rings. The molecule has 1 aromatic carbocycles. The minimum Gasteiger partial charge on any atom is -0.391 e. The quantitative estimate of drug-likeness (QED) is 0.469. The molecule has 2 N–H and O–H groups in total. The monoisotopic (exact) mass is 510 g/mol. The predicted molar refractivity (Wildman–Crippen MR) is 138 cm³/mol. The van der Waals surface area contributed by atoms with E-state index in [1.165, 1.54) is 4.90 Å². The van der Waals surface area contributed by atoms with Crippen molar-refractivity contribution in [1.29, 1.82) is 0 Å². The van der Waals surface area contributed by atoms with Crippen LogP contribution in [0.4, 0.5) is 0 Å². The first-order chi connectivity index (χ1) is 17.2. The molecule has 0 aliphatic carbocycles. The summed E-state index contributed by atoms with van der Waals surface area (Å²) in [5, 5.41) is 17.4. The summed E-state index contributed by atoms with van der Waals surface area (Å²) in [6, 6.07) is 9.09. The Kier molecular flexibility index (Phi) is 7.90. The third-order valence-electron chi connectivity index (χ3n) is 6.67. The Labute approximate surface area is 215 Å². The second-order valence-electron chi connectivity index (χ2n) is 10.1. The largest absolute Gasteiger partial charge is 0.391 e. The first-order valence-corrected chi connectivity index (χ1v) is 13.3. The Morgan fingerprint density at radius 3 is 2.53 bits per heavy atom. The summed E-state index contributed by atoms with van der Waals surface area (Å²) >= 11 is 1.60. The Hall–Kier alpha value is -3.04. The maximum absolute atomic E-state index is 13.6. The van der Waals surface area contributed by atoms with E-state index < -0.39 is 18.1 Å². The van der Waals surface area contributed by atoms with Gasteiger partial charge in [-0.25, -0.2) is 4.98 Å². The number of aliphatic hydroxyl groups is 1. The lowest BCUT2D eigenvalue weighted by Gasteiger charge is -2.28. The smallest absolute Gasteiger partial charge is 0.243 e. The molecule has 1 saturated heterocycles. The maximum Gasteiger partial charge on any atom is 0.243 e. The number of likely N-dealkylation sites (tertiary alicyclic amines) is 1. The molecule has 192 valence electrons. The number of aromatic nitrogens is 2. The molecule has 3 heterocycles. The zero-order valence-electron chi connectivity index (χ0n) is 21.4. The van der Waals surface area contributed by atoms with E-state index in [-0.39, 0.29) is 36.6 Å². The molecule has 1 aliphatic rings. The average Bonchev–Trinajstić information content (AvgIpc) is 3.58. The number of hydrogen-bond acceptors (Lipinski definition) is 7. The van der Waals surface area contributed by atoms with Crippen molar-refractivity contribution in [3.63, 3.8) is 0 Å². The molecule has 2 amide bonds. The first kappa shape index (κ1) is 26.0. The van der Waals surface area contributed by atoms with Crippen molar-refractivity contribution < 1.29 is 19.2 Å². The minimum atomic E-state index is -0.750. The maximum atomic E-state index is 13.6. The minimum absolute atomic E-state index is 0.0624. The molecule has 3 unspecified atom stereocenters. The lowest BCUT2D eigenvalue weighted by Crippen LogP contribution is -2.48. The van der Waals surface area contributed by atoms with Gasteiger partial charge in [0.1, 0.15) is 17.7 Å². The number of amides is 2. The van der Waals surface area contributed by atoms with Crippen molar-refractivity contribution in [3.8, 4) is 10.4 Å². The molecule has 2 aromatic heterocycles. The van der Waals surface area contributed by atoms with Gasteiger partial charge in [-0.2, -0.15) is 0 Å². The molecular weight excluding hydrogens is 476 g/mol.